The number of nitrogens with zero attached hydrogens (tertiary/aromatic N) is 3. The maximum atomic E-state index is 6.19. The van der Waals surface area contributed by atoms with Gasteiger partial charge in [0.1, 0.15) is 0 Å². The zero-order chi connectivity index (χ0) is 15.9. The number of aromatic nitrogens is 2. The molecular formula is C18H24ClN3. The number of hydrogen-bond donors (Lipinski definition) is 0. The van der Waals surface area contributed by atoms with Crippen molar-refractivity contribution < 1.29 is 0 Å². The predicted molar refractivity (Wildman–Crippen MR) is 92.2 cm³/mol. The molecule has 2 heterocycles. The van der Waals surface area contributed by atoms with Gasteiger partial charge < -0.3 is 0 Å². The van der Waals surface area contributed by atoms with Crippen molar-refractivity contribution >= 4 is 11.6 Å². The summed E-state index contributed by atoms with van der Waals surface area (Å²) in [6.45, 7) is 4.52. The zero-order valence-corrected chi connectivity index (χ0v) is 14.6. The molecule has 3 rings (SSSR count). The van der Waals surface area contributed by atoms with Crippen LogP contribution < -0.4 is 0 Å². The standard InChI is InChI=1S/C18H24ClN3/c1-5-14-11-15-17(16(6-2)21(14)3)20-22(4)18(15)12-8-7-9-13(19)10-12/h7-10,14,16H,5-6,11H2,1-4H3/t14-,16+/m0/s1. The lowest BCUT2D eigenvalue weighted by atomic mass is 9.88. The van der Waals surface area contributed by atoms with E-state index in [0.717, 1.165) is 29.8 Å². The Morgan fingerprint density at radius 1 is 1.23 bits per heavy atom. The van der Waals surface area contributed by atoms with E-state index in [1.165, 1.54) is 17.0 Å². The Bertz CT molecular complexity index is 677. The monoisotopic (exact) mass is 317 g/mol. The first-order valence-corrected chi connectivity index (χ1v) is 8.48. The molecule has 0 spiro atoms. The molecule has 0 aliphatic carbocycles. The second-order valence-corrected chi connectivity index (χ2v) is 6.64. The summed E-state index contributed by atoms with van der Waals surface area (Å²) in [5, 5.41) is 5.64. The van der Waals surface area contributed by atoms with Crippen LogP contribution >= 0.6 is 11.6 Å². The predicted octanol–water partition coefficient (Wildman–Crippen LogP) is 4.46. The number of aryl methyl sites for hydroxylation is 1. The van der Waals surface area contributed by atoms with Crippen LogP contribution in [0.4, 0.5) is 0 Å². The summed E-state index contributed by atoms with van der Waals surface area (Å²) in [4.78, 5) is 2.50. The normalized spacial score (nSPS) is 21.9. The Kier molecular flexibility index (Phi) is 4.28. The van der Waals surface area contributed by atoms with Crippen LogP contribution in [0.5, 0.6) is 0 Å². The molecule has 2 aromatic rings. The van der Waals surface area contributed by atoms with E-state index in [2.05, 4.69) is 31.9 Å². The summed E-state index contributed by atoms with van der Waals surface area (Å²) >= 11 is 6.19. The summed E-state index contributed by atoms with van der Waals surface area (Å²) in [6.07, 6.45) is 3.32. The Morgan fingerprint density at radius 3 is 2.64 bits per heavy atom. The molecule has 1 aliphatic heterocycles. The highest BCUT2D eigenvalue weighted by atomic mass is 35.5. The summed E-state index contributed by atoms with van der Waals surface area (Å²) < 4.78 is 2.03. The Labute approximate surface area is 137 Å². The second kappa shape index (κ2) is 6.05. The van der Waals surface area contributed by atoms with Crippen LogP contribution in [0.15, 0.2) is 24.3 Å². The van der Waals surface area contributed by atoms with E-state index in [0.29, 0.717) is 12.1 Å². The summed E-state index contributed by atoms with van der Waals surface area (Å²) in [5.74, 6) is 0. The van der Waals surface area contributed by atoms with Gasteiger partial charge in [0.05, 0.1) is 17.4 Å². The molecule has 0 bridgehead atoms. The third-order valence-corrected chi connectivity index (χ3v) is 5.19. The number of halogens is 1. The molecule has 0 radical (unpaired) electrons. The lowest BCUT2D eigenvalue weighted by Gasteiger charge is -2.38. The number of hydrogen-bond acceptors (Lipinski definition) is 2. The van der Waals surface area contributed by atoms with Crippen molar-refractivity contribution in [1.82, 2.24) is 14.7 Å². The maximum Gasteiger partial charge on any atom is 0.0835 e. The fourth-order valence-corrected chi connectivity index (χ4v) is 3.99. The molecule has 4 heteroatoms. The van der Waals surface area contributed by atoms with Crippen LogP contribution in [0, 0.1) is 0 Å². The number of fused-ring (bicyclic) bond motifs is 1. The average molecular weight is 318 g/mol. The summed E-state index contributed by atoms with van der Waals surface area (Å²) in [7, 11) is 4.28. The van der Waals surface area contributed by atoms with Crippen LogP contribution in [-0.4, -0.2) is 27.8 Å². The van der Waals surface area contributed by atoms with Crippen LogP contribution in [-0.2, 0) is 13.5 Å². The van der Waals surface area contributed by atoms with Gasteiger partial charge in [0.2, 0.25) is 0 Å². The first-order valence-electron chi connectivity index (χ1n) is 8.10. The van der Waals surface area contributed by atoms with Crippen LogP contribution in [0.3, 0.4) is 0 Å². The molecule has 0 saturated heterocycles. The minimum absolute atomic E-state index is 0.410. The molecule has 0 N–H and O–H groups in total. The van der Waals surface area contributed by atoms with Crippen molar-refractivity contribution in [2.45, 2.75) is 45.2 Å². The minimum Gasteiger partial charge on any atom is -0.294 e. The molecule has 3 nitrogen and oxygen atoms in total. The average Bonchev–Trinajstić information content (AvgIpc) is 2.82. The summed E-state index contributed by atoms with van der Waals surface area (Å²) in [6, 6.07) is 9.10. The minimum atomic E-state index is 0.410. The van der Waals surface area contributed by atoms with E-state index in [4.69, 9.17) is 16.7 Å². The van der Waals surface area contributed by atoms with Gasteiger partial charge in [-0.3, -0.25) is 9.58 Å². The van der Waals surface area contributed by atoms with Gasteiger partial charge in [-0.05, 0) is 38.4 Å². The van der Waals surface area contributed by atoms with E-state index < -0.39 is 0 Å². The van der Waals surface area contributed by atoms with E-state index in [9.17, 15) is 0 Å². The molecule has 1 aliphatic rings. The maximum absolute atomic E-state index is 6.19. The van der Waals surface area contributed by atoms with Crippen molar-refractivity contribution in [3.63, 3.8) is 0 Å². The zero-order valence-electron chi connectivity index (χ0n) is 13.8. The van der Waals surface area contributed by atoms with Crippen LogP contribution in [0.25, 0.3) is 11.3 Å². The van der Waals surface area contributed by atoms with Crippen LogP contribution in [0.2, 0.25) is 5.02 Å². The lowest BCUT2D eigenvalue weighted by molar-refractivity contribution is 0.143. The number of rotatable bonds is 3. The highest BCUT2D eigenvalue weighted by molar-refractivity contribution is 6.30. The Hall–Kier alpha value is -1.32. The van der Waals surface area contributed by atoms with E-state index in [1.54, 1.807) is 0 Å². The van der Waals surface area contributed by atoms with Gasteiger partial charge >= 0.3 is 0 Å². The second-order valence-electron chi connectivity index (χ2n) is 6.20. The highest BCUT2D eigenvalue weighted by Crippen LogP contribution is 2.39. The Morgan fingerprint density at radius 2 is 2.00 bits per heavy atom. The molecule has 118 valence electrons. The van der Waals surface area contributed by atoms with Crippen molar-refractivity contribution in [2.24, 2.45) is 7.05 Å². The van der Waals surface area contributed by atoms with E-state index in [-0.39, 0.29) is 0 Å². The number of benzene rings is 1. The van der Waals surface area contributed by atoms with Gasteiger partial charge in [-0.2, -0.15) is 5.10 Å². The van der Waals surface area contributed by atoms with E-state index >= 15 is 0 Å². The fourth-order valence-electron chi connectivity index (χ4n) is 3.80. The molecule has 0 saturated carbocycles. The van der Waals surface area contributed by atoms with Crippen molar-refractivity contribution in [1.29, 1.82) is 0 Å². The van der Waals surface area contributed by atoms with Crippen molar-refractivity contribution in [2.75, 3.05) is 7.05 Å². The molecule has 1 aromatic heterocycles. The molecule has 1 aromatic carbocycles. The largest absolute Gasteiger partial charge is 0.294 e. The van der Waals surface area contributed by atoms with Gasteiger partial charge in [0, 0.05) is 29.2 Å². The van der Waals surface area contributed by atoms with Gasteiger partial charge in [-0.25, -0.2) is 0 Å². The Balaban J connectivity index is 2.15. The molecule has 22 heavy (non-hydrogen) atoms. The lowest BCUT2D eigenvalue weighted by Crippen LogP contribution is -2.40. The summed E-state index contributed by atoms with van der Waals surface area (Å²) in [5.41, 5.74) is 5.04. The fraction of sp³-hybridized carbons (Fsp3) is 0.500. The van der Waals surface area contributed by atoms with Gasteiger partial charge in [0.15, 0.2) is 0 Å². The van der Waals surface area contributed by atoms with Gasteiger partial charge in [-0.1, -0.05) is 37.6 Å². The van der Waals surface area contributed by atoms with E-state index in [1.807, 2.05) is 29.9 Å². The molecule has 0 amide bonds. The van der Waals surface area contributed by atoms with Crippen molar-refractivity contribution in [3.8, 4) is 11.3 Å². The van der Waals surface area contributed by atoms with Gasteiger partial charge in [0.25, 0.3) is 0 Å². The highest BCUT2D eigenvalue weighted by Gasteiger charge is 2.34. The van der Waals surface area contributed by atoms with Gasteiger partial charge in [-0.15, -0.1) is 0 Å². The molecule has 2 atom stereocenters. The number of likely N-dealkylation sites (N-methyl/N-ethyl adjacent to an activating group) is 1. The molecular weight excluding hydrogens is 294 g/mol. The molecule has 0 fully saturated rings. The molecule has 0 unspecified atom stereocenters. The third-order valence-electron chi connectivity index (χ3n) is 4.96. The third kappa shape index (κ3) is 2.46. The smallest absolute Gasteiger partial charge is 0.0835 e. The van der Waals surface area contributed by atoms with Crippen molar-refractivity contribution in [3.05, 3.63) is 40.5 Å². The first-order chi connectivity index (χ1) is 10.6. The SMILES string of the molecule is CC[C@H]1Cc2c(nn(C)c2-c2cccc(Cl)c2)[C@@H](CC)N1C. The first kappa shape index (κ1) is 15.6. The quantitative estimate of drug-likeness (QED) is 0.833. The topological polar surface area (TPSA) is 21.1 Å². The van der Waals surface area contributed by atoms with Crippen LogP contribution in [0.1, 0.15) is 44.0 Å².